The van der Waals surface area contributed by atoms with Crippen LogP contribution in [0.15, 0.2) is 47.0 Å². The summed E-state index contributed by atoms with van der Waals surface area (Å²) < 4.78 is 16.2. The average molecular weight is 428 g/mol. The summed E-state index contributed by atoms with van der Waals surface area (Å²) in [6, 6.07) is 12.1. The van der Waals surface area contributed by atoms with Crippen LogP contribution in [0.3, 0.4) is 0 Å². The first-order valence-electron chi connectivity index (χ1n) is 9.72. The predicted octanol–water partition coefficient (Wildman–Crippen LogP) is 4.77. The Kier molecular flexibility index (Phi) is 5.90. The molecule has 0 N–H and O–H groups in total. The molecule has 0 aliphatic carbocycles. The predicted molar refractivity (Wildman–Crippen MR) is 112 cm³/mol. The number of rotatable bonds is 5. The maximum absolute atomic E-state index is 13.3. The van der Waals surface area contributed by atoms with E-state index in [-0.39, 0.29) is 11.9 Å². The molecule has 3 aromatic rings. The van der Waals surface area contributed by atoms with Crippen molar-refractivity contribution in [3.05, 3.63) is 58.9 Å². The van der Waals surface area contributed by atoms with Gasteiger partial charge in [0.1, 0.15) is 17.5 Å². The molecule has 8 heteroatoms. The van der Waals surface area contributed by atoms with E-state index in [1.165, 1.54) is 0 Å². The minimum absolute atomic E-state index is 0.122. The van der Waals surface area contributed by atoms with Gasteiger partial charge in [0.15, 0.2) is 0 Å². The van der Waals surface area contributed by atoms with Crippen molar-refractivity contribution in [1.82, 2.24) is 15.0 Å². The molecular weight excluding hydrogens is 406 g/mol. The number of carbonyl (C=O) groups excluding carboxylic acids is 1. The molecule has 1 fully saturated rings. The number of ether oxygens (including phenoxy) is 2. The van der Waals surface area contributed by atoms with Crippen LogP contribution >= 0.6 is 11.6 Å². The largest absolute Gasteiger partial charge is 0.497 e. The fourth-order valence-electron chi connectivity index (χ4n) is 3.61. The van der Waals surface area contributed by atoms with Gasteiger partial charge in [0, 0.05) is 28.8 Å². The summed E-state index contributed by atoms with van der Waals surface area (Å²) in [4.78, 5) is 19.7. The summed E-state index contributed by atoms with van der Waals surface area (Å²) in [7, 11) is 3.12. The second kappa shape index (κ2) is 8.75. The molecule has 2 heterocycles. The molecule has 1 saturated heterocycles. The third-order valence-electron chi connectivity index (χ3n) is 5.19. The van der Waals surface area contributed by atoms with Crippen LogP contribution in [0.1, 0.15) is 41.6 Å². The Morgan fingerprint density at radius 2 is 1.80 bits per heavy atom. The SMILES string of the molecule is COc1cc(OC)cc(C(=O)N2CCCCC2c2nc(-c3ccc(Cl)cc3)no2)c1. The van der Waals surface area contributed by atoms with Gasteiger partial charge in [-0.3, -0.25) is 4.79 Å². The summed E-state index contributed by atoms with van der Waals surface area (Å²) in [6.07, 6.45) is 2.66. The fraction of sp³-hybridized carbons (Fsp3) is 0.318. The highest BCUT2D eigenvalue weighted by Crippen LogP contribution is 2.33. The van der Waals surface area contributed by atoms with Crippen LogP contribution in [0.25, 0.3) is 11.4 Å². The van der Waals surface area contributed by atoms with Crippen molar-refractivity contribution in [2.24, 2.45) is 0 Å². The topological polar surface area (TPSA) is 77.7 Å². The van der Waals surface area contributed by atoms with Crippen molar-refractivity contribution in [2.75, 3.05) is 20.8 Å². The molecule has 1 aromatic heterocycles. The van der Waals surface area contributed by atoms with Gasteiger partial charge in [-0.25, -0.2) is 0 Å². The van der Waals surface area contributed by atoms with Crippen LogP contribution in [0, 0.1) is 0 Å². The number of aromatic nitrogens is 2. The first kappa shape index (κ1) is 20.2. The zero-order valence-corrected chi connectivity index (χ0v) is 17.6. The van der Waals surface area contributed by atoms with Gasteiger partial charge >= 0.3 is 0 Å². The molecule has 4 rings (SSSR count). The lowest BCUT2D eigenvalue weighted by atomic mass is 10.0. The molecule has 1 aliphatic heterocycles. The zero-order valence-electron chi connectivity index (χ0n) is 16.8. The van der Waals surface area contributed by atoms with Crippen LogP contribution < -0.4 is 9.47 Å². The van der Waals surface area contributed by atoms with E-state index in [9.17, 15) is 4.79 Å². The molecule has 1 aliphatic rings. The number of likely N-dealkylation sites (tertiary alicyclic amines) is 1. The Morgan fingerprint density at radius 3 is 2.47 bits per heavy atom. The number of methoxy groups -OCH3 is 2. The van der Waals surface area contributed by atoms with Gasteiger partial charge in [-0.2, -0.15) is 4.98 Å². The quantitative estimate of drug-likeness (QED) is 0.583. The molecule has 0 radical (unpaired) electrons. The molecule has 1 atom stereocenters. The maximum Gasteiger partial charge on any atom is 0.254 e. The molecule has 0 spiro atoms. The molecule has 1 amide bonds. The number of carbonyl (C=O) groups is 1. The number of hydrogen-bond acceptors (Lipinski definition) is 6. The Bertz CT molecular complexity index is 1010. The fourth-order valence-corrected chi connectivity index (χ4v) is 3.74. The Balaban J connectivity index is 1.62. The first-order chi connectivity index (χ1) is 14.6. The van der Waals surface area contributed by atoms with Gasteiger partial charge in [-0.1, -0.05) is 16.8 Å². The summed E-state index contributed by atoms with van der Waals surface area (Å²) >= 11 is 5.96. The van der Waals surface area contributed by atoms with Gasteiger partial charge in [0.25, 0.3) is 5.91 Å². The highest BCUT2D eigenvalue weighted by molar-refractivity contribution is 6.30. The Hall–Kier alpha value is -3.06. The van der Waals surface area contributed by atoms with E-state index >= 15 is 0 Å². The number of piperidine rings is 1. The minimum Gasteiger partial charge on any atom is -0.497 e. The van der Waals surface area contributed by atoms with Gasteiger partial charge in [-0.15, -0.1) is 0 Å². The maximum atomic E-state index is 13.3. The lowest BCUT2D eigenvalue weighted by Crippen LogP contribution is -2.38. The molecule has 156 valence electrons. The number of hydrogen-bond donors (Lipinski definition) is 0. The van der Waals surface area contributed by atoms with Gasteiger partial charge in [-0.05, 0) is 55.7 Å². The molecule has 30 heavy (non-hydrogen) atoms. The van der Waals surface area contributed by atoms with Gasteiger partial charge in [0.05, 0.1) is 14.2 Å². The third-order valence-corrected chi connectivity index (χ3v) is 5.44. The smallest absolute Gasteiger partial charge is 0.254 e. The number of nitrogens with zero attached hydrogens (tertiary/aromatic N) is 3. The lowest BCUT2D eigenvalue weighted by molar-refractivity contribution is 0.0560. The minimum atomic E-state index is -0.281. The molecule has 0 bridgehead atoms. The van der Waals surface area contributed by atoms with Crippen molar-refractivity contribution < 1.29 is 18.8 Å². The number of halogens is 1. The summed E-state index contributed by atoms with van der Waals surface area (Å²) in [6.45, 7) is 0.613. The normalized spacial score (nSPS) is 16.4. The highest BCUT2D eigenvalue weighted by Gasteiger charge is 2.33. The molecular formula is C22H22ClN3O4. The standard InChI is InChI=1S/C22H22ClN3O4/c1-28-17-11-15(12-18(13-17)29-2)22(27)26-10-4-3-5-19(26)21-24-20(25-30-21)14-6-8-16(23)9-7-14/h6-9,11-13,19H,3-5,10H2,1-2H3. The molecule has 2 aromatic carbocycles. The molecule has 7 nitrogen and oxygen atoms in total. The molecule has 0 saturated carbocycles. The van der Waals surface area contributed by atoms with E-state index in [2.05, 4.69) is 10.1 Å². The lowest BCUT2D eigenvalue weighted by Gasteiger charge is -2.33. The summed E-state index contributed by atoms with van der Waals surface area (Å²) in [5, 5.41) is 4.74. The van der Waals surface area contributed by atoms with Crippen LogP contribution in [0.4, 0.5) is 0 Å². The number of amides is 1. The van der Waals surface area contributed by atoms with Gasteiger partial charge < -0.3 is 18.9 Å². The summed E-state index contributed by atoms with van der Waals surface area (Å²) in [5.41, 5.74) is 1.30. The van der Waals surface area contributed by atoms with Gasteiger partial charge in [0.2, 0.25) is 11.7 Å². The van der Waals surface area contributed by atoms with Crippen LogP contribution in [0.5, 0.6) is 11.5 Å². The van der Waals surface area contributed by atoms with Crippen LogP contribution in [-0.4, -0.2) is 41.7 Å². The first-order valence-corrected chi connectivity index (χ1v) is 10.1. The van der Waals surface area contributed by atoms with Crippen molar-refractivity contribution in [1.29, 1.82) is 0 Å². The van der Waals surface area contributed by atoms with E-state index < -0.39 is 0 Å². The molecule has 1 unspecified atom stereocenters. The van der Waals surface area contributed by atoms with E-state index in [0.717, 1.165) is 24.8 Å². The van der Waals surface area contributed by atoms with Crippen molar-refractivity contribution in [3.8, 4) is 22.9 Å². The van der Waals surface area contributed by atoms with Crippen molar-refractivity contribution in [2.45, 2.75) is 25.3 Å². The third kappa shape index (κ3) is 4.11. The van der Waals surface area contributed by atoms with Crippen LogP contribution in [0.2, 0.25) is 5.02 Å². The van der Waals surface area contributed by atoms with E-state index in [0.29, 0.717) is 40.3 Å². The number of benzene rings is 2. The van der Waals surface area contributed by atoms with Crippen LogP contribution in [-0.2, 0) is 0 Å². The van der Waals surface area contributed by atoms with E-state index in [4.69, 9.17) is 25.6 Å². The van der Waals surface area contributed by atoms with Crippen molar-refractivity contribution >= 4 is 17.5 Å². The van der Waals surface area contributed by atoms with E-state index in [1.54, 1.807) is 49.5 Å². The Morgan fingerprint density at radius 1 is 1.10 bits per heavy atom. The second-order valence-corrected chi connectivity index (χ2v) is 7.51. The van der Waals surface area contributed by atoms with E-state index in [1.807, 2.05) is 12.1 Å². The van der Waals surface area contributed by atoms with Crippen molar-refractivity contribution in [3.63, 3.8) is 0 Å². The zero-order chi connectivity index (χ0) is 21.1. The highest BCUT2D eigenvalue weighted by atomic mass is 35.5. The average Bonchev–Trinajstić information content (AvgIpc) is 3.28. The second-order valence-electron chi connectivity index (χ2n) is 7.07. The summed E-state index contributed by atoms with van der Waals surface area (Å²) in [5.74, 6) is 1.91. The Labute approximate surface area is 179 Å². The monoisotopic (exact) mass is 427 g/mol.